The molecule has 0 heterocycles. The van der Waals surface area contributed by atoms with Crippen LogP contribution in [0.25, 0.3) is 0 Å². The van der Waals surface area contributed by atoms with Crippen molar-refractivity contribution in [2.75, 3.05) is 12.8 Å². The number of halogens is 1. The summed E-state index contributed by atoms with van der Waals surface area (Å²) < 4.78 is 0. The van der Waals surface area contributed by atoms with Gasteiger partial charge in [-0.15, -0.1) is 11.8 Å². The van der Waals surface area contributed by atoms with Gasteiger partial charge in [0.2, 0.25) is 0 Å². The van der Waals surface area contributed by atoms with Crippen LogP contribution < -0.4 is 5.32 Å². The summed E-state index contributed by atoms with van der Waals surface area (Å²) >= 11 is 5.12. The number of amides is 1. The summed E-state index contributed by atoms with van der Waals surface area (Å²) in [5, 5.41) is 2.89. The molecule has 0 saturated heterocycles. The Morgan fingerprint density at radius 3 is 2.56 bits per heavy atom. The van der Waals surface area contributed by atoms with Crippen molar-refractivity contribution in [3.8, 4) is 0 Å². The second kappa shape index (κ2) is 6.97. The third-order valence-electron chi connectivity index (χ3n) is 2.18. The molecule has 1 atom stereocenters. The maximum absolute atomic E-state index is 11.7. The molecule has 0 bridgehead atoms. The van der Waals surface area contributed by atoms with E-state index in [2.05, 4.69) is 28.2 Å². The second-order valence-electron chi connectivity index (χ2n) is 3.55. The fourth-order valence-corrected chi connectivity index (χ4v) is 1.87. The topological polar surface area (TPSA) is 29.1 Å². The van der Waals surface area contributed by atoms with Gasteiger partial charge in [0, 0.05) is 21.8 Å². The predicted molar refractivity (Wildman–Crippen MR) is 73.6 cm³/mol. The Kier molecular flexibility index (Phi) is 5.91. The number of benzene rings is 1. The standard InChI is InChI=1S/C12H16BrNOS/c1-9(13)7-8-14-12(15)10-3-5-11(16-2)6-4-10/h3-6,9H,7-8H2,1-2H3,(H,14,15). The lowest BCUT2D eigenvalue weighted by atomic mass is 10.2. The van der Waals surface area contributed by atoms with Crippen molar-refractivity contribution in [1.82, 2.24) is 5.32 Å². The molecular formula is C12H16BrNOS. The van der Waals surface area contributed by atoms with E-state index >= 15 is 0 Å². The fraction of sp³-hybridized carbons (Fsp3) is 0.417. The SMILES string of the molecule is CSc1ccc(C(=O)NCCC(C)Br)cc1. The van der Waals surface area contributed by atoms with Gasteiger partial charge in [-0.05, 0) is 36.9 Å². The van der Waals surface area contributed by atoms with Gasteiger partial charge in [-0.2, -0.15) is 0 Å². The maximum atomic E-state index is 11.7. The van der Waals surface area contributed by atoms with E-state index in [0.717, 1.165) is 12.0 Å². The first kappa shape index (κ1) is 13.6. The van der Waals surface area contributed by atoms with Gasteiger partial charge in [-0.1, -0.05) is 22.9 Å². The number of carbonyl (C=O) groups is 1. The van der Waals surface area contributed by atoms with Crippen molar-refractivity contribution in [2.24, 2.45) is 0 Å². The van der Waals surface area contributed by atoms with Gasteiger partial charge < -0.3 is 5.32 Å². The first-order chi connectivity index (χ1) is 7.63. The fourth-order valence-electron chi connectivity index (χ4n) is 1.23. The molecule has 0 radical (unpaired) electrons. The highest BCUT2D eigenvalue weighted by Gasteiger charge is 2.04. The Morgan fingerprint density at radius 1 is 1.44 bits per heavy atom. The number of carbonyl (C=O) groups excluding carboxylic acids is 1. The summed E-state index contributed by atoms with van der Waals surface area (Å²) in [6.45, 7) is 2.77. The Bertz CT molecular complexity index is 337. The minimum absolute atomic E-state index is 0.000744. The van der Waals surface area contributed by atoms with Crippen molar-refractivity contribution in [3.05, 3.63) is 29.8 Å². The summed E-state index contributed by atoms with van der Waals surface area (Å²) in [4.78, 5) is 13.3. The van der Waals surface area contributed by atoms with Crippen LogP contribution in [0, 0.1) is 0 Å². The Morgan fingerprint density at radius 2 is 2.06 bits per heavy atom. The molecule has 0 aliphatic rings. The zero-order valence-electron chi connectivity index (χ0n) is 9.50. The van der Waals surface area contributed by atoms with Crippen molar-refractivity contribution in [2.45, 2.75) is 23.1 Å². The number of hydrogen-bond donors (Lipinski definition) is 1. The maximum Gasteiger partial charge on any atom is 0.251 e. The van der Waals surface area contributed by atoms with E-state index in [1.165, 1.54) is 4.90 Å². The number of alkyl halides is 1. The van der Waals surface area contributed by atoms with Gasteiger partial charge in [0.25, 0.3) is 5.91 Å². The summed E-state index contributed by atoms with van der Waals surface area (Å²) in [5.41, 5.74) is 0.722. The lowest BCUT2D eigenvalue weighted by molar-refractivity contribution is 0.0953. The van der Waals surface area contributed by atoms with Crippen LogP contribution in [0.15, 0.2) is 29.2 Å². The van der Waals surface area contributed by atoms with E-state index in [-0.39, 0.29) is 5.91 Å². The van der Waals surface area contributed by atoms with Crippen LogP contribution in [0.3, 0.4) is 0 Å². The van der Waals surface area contributed by atoms with Gasteiger partial charge in [0.05, 0.1) is 0 Å². The molecule has 1 aromatic rings. The van der Waals surface area contributed by atoms with Crippen LogP contribution in [-0.2, 0) is 0 Å². The molecule has 1 unspecified atom stereocenters. The second-order valence-corrected chi connectivity index (χ2v) is 6.00. The molecule has 0 fully saturated rings. The molecule has 4 heteroatoms. The Balaban J connectivity index is 2.46. The first-order valence-corrected chi connectivity index (χ1v) is 7.34. The molecule has 0 aliphatic heterocycles. The lowest BCUT2D eigenvalue weighted by Crippen LogP contribution is -2.25. The number of rotatable bonds is 5. The van der Waals surface area contributed by atoms with Crippen LogP contribution in [0.4, 0.5) is 0 Å². The summed E-state index contributed by atoms with van der Waals surface area (Å²) in [7, 11) is 0. The van der Waals surface area contributed by atoms with E-state index in [1.807, 2.05) is 30.5 Å². The van der Waals surface area contributed by atoms with Gasteiger partial charge in [-0.3, -0.25) is 4.79 Å². The molecule has 16 heavy (non-hydrogen) atoms. The third kappa shape index (κ3) is 4.58. The molecule has 1 rings (SSSR count). The Labute approximate surface area is 109 Å². The summed E-state index contributed by atoms with van der Waals surface area (Å²) in [6.07, 6.45) is 2.96. The zero-order valence-corrected chi connectivity index (χ0v) is 11.9. The van der Waals surface area contributed by atoms with Crippen LogP contribution in [0.5, 0.6) is 0 Å². The zero-order chi connectivity index (χ0) is 12.0. The highest BCUT2D eigenvalue weighted by Crippen LogP contribution is 2.14. The average Bonchev–Trinajstić information content (AvgIpc) is 2.28. The number of hydrogen-bond acceptors (Lipinski definition) is 2. The smallest absolute Gasteiger partial charge is 0.251 e. The average molecular weight is 302 g/mol. The van der Waals surface area contributed by atoms with Crippen molar-refractivity contribution in [3.63, 3.8) is 0 Å². The quantitative estimate of drug-likeness (QED) is 0.668. The van der Waals surface area contributed by atoms with Gasteiger partial charge >= 0.3 is 0 Å². The molecule has 0 aromatic heterocycles. The third-order valence-corrected chi connectivity index (χ3v) is 3.38. The molecule has 0 spiro atoms. The van der Waals surface area contributed by atoms with Crippen molar-refractivity contribution >= 4 is 33.6 Å². The van der Waals surface area contributed by atoms with Crippen LogP contribution in [0.1, 0.15) is 23.7 Å². The van der Waals surface area contributed by atoms with E-state index in [1.54, 1.807) is 11.8 Å². The largest absolute Gasteiger partial charge is 0.352 e. The molecule has 0 aliphatic carbocycles. The summed E-state index contributed by atoms with van der Waals surface area (Å²) in [6, 6.07) is 7.65. The molecule has 2 nitrogen and oxygen atoms in total. The molecule has 0 saturated carbocycles. The van der Waals surface area contributed by atoms with E-state index < -0.39 is 0 Å². The first-order valence-electron chi connectivity index (χ1n) is 5.20. The molecule has 1 amide bonds. The van der Waals surface area contributed by atoms with Crippen LogP contribution in [-0.4, -0.2) is 23.5 Å². The highest BCUT2D eigenvalue weighted by atomic mass is 79.9. The van der Waals surface area contributed by atoms with E-state index in [9.17, 15) is 4.79 Å². The van der Waals surface area contributed by atoms with E-state index in [4.69, 9.17) is 0 Å². The Hall–Kier alpha value is -0.480. The van der Waals surface area contributed by atoms with Gasteiger partial charge in [-0.25, -0.2) is 0 Å². The molecule has 88 valence electrons. The normalized spacial score (nSPS) is 12.2. The molecular weight excluding hydrogens is 286 g/mol. The van der Waals surface area contributed by atoms with Crippen LogP contribution >= 0.6 is 27.7 Å². The number of nitrogens with one attached hydrogen (secondary N) is 1. The predicted octanol–water partition coefficient (Wildman–Crippen LogP) is 3.31. The van der Waals surface area contributed by atoms with E-state index in [0.29, 0.717) is 11.4 Å². The lowest BCUT2D eigenvalue weighted by Gasteiger charge is -2.06. The monoisotopic (exact) mass is 301 g/mol. The highest BCUT2D eigenvalue weighted by molar-refractivity contribution is 9.09. The van der Waals surface area contributed by atoms with Gasteiger partial charge in [0.15, 0.2) is 0 Å². The van der Waals surface area contributed by atoms with Crippen molar-refractivity contribution < 1.29 is 4.79 Å². The molecule has 1 N–H and O–H groups in total. The molecule has 1 aromatic carbocycles. The van der Waals surface area contributed by atoms with Crippen LogP contribution in [0.2, 0.25) is 0 Å². The van der Waals surface area contributed by atoms with Crippen molar-refractivity contribution in [1.29, 1.82) is 0 Å². The number of thioether (sulfide) groups is 1. The minimum Gasteiger partial charge on any atom is -0.352 e. The summed E-state index contributed by atoms with van der Waals surface area (Å²) in [5.74, 6) is 0.000744. The van der Waals surface area contributed by atoms with Gasteiger partial charge in [0.1, 0.15) is 0 Å². The minimum atomic E-state index is 0.000744.